The SMILES string of the molecule is CCCCCCC(C)C1(C(N)=O)CCC(O)(C(F)(F)F)CC1. The van der Waals surface area contributed by atoms with E-state index < -0.39 is 35.9 Å². The van der Waals surface area contributed by atoms with Gasteiger partial charge in [0.25, 0.3) is 0 Å². The molecular formula is C16H28F3NO2. The highest BCUT2D eigenvalue weighted by atomic mass is 19.4. The Morgan fingerprint density at radius 3 is 2.14 bits per heavy atom. The Kier molecular flexibility index (Phi) is 6.30. The van der Waals surface area contributed by atoms with E-state index in [1.807, 2.05) is 6.92 Å². The van der Waals surface area contributed by atoms with Gasteiger partial charge in [-0.15, -0.1) is 0 Å². The molecule has 1 unspecified atom stereocenters. The molecule has 1 aliphatic rings. The number of alkyl halides is 3. The van der Waals surface area contributed by atoms with E-state index in [9.17, 15) is 23.1 Å². The number of primary amides is 1. The lowest BCUT2D eigenvalue weighted by molar-refractivity contribution is -0.276. The Bertz CT molecular complexity index is 374. The monoisotopic (exact) mass is 323 g/mol. The Hall–Kier alpha value is -0.780. The van der Waals surface area contributed by atoms with E-state index >= 15 is 0 Å². The van der Waals surface area contributed by atoms with Gasteiger partial charge in [0.2, 0.25) is 5.91 Å². The summed E-state index contributed by atoms with van der Waals surface area (Å²) in [7, 11) is 0. The third-order valence-electron chi connectivity index (χ3n) is 5.42. The van der Waals surface area contributed by atoms with Crippen molar-refractivity contribution in [2.75, 3.05) is 0 Å². The second-order valence-corrected chi connectivity index (χ2v) is 6.80. The summed E-state index contributed by atoms with van der Waals surface area (Å²) in [6, 6.07) is 0. The highest BCUT2D eigenvalue weighted by molar-refractivity contribution is 5.81. The summed E-state index contributed by atoms with van der Waals surface area (Å²) >= 11 is 0. The van der Waals surface area contributed by atoms with Crippen LogP contribution < -0.4 is 5.73 Å². The first-order chi connectivity index (χ1) is 10.1. The lowest BCUT2D eigenvalue weighted by atomic mass is 9.61. The van der Waals surface area contributed by atoms with Gasteiger partial charge in [-0.25, -0.2) is 0 Å². The zero-order chi connectivity index (χ0) is 17.0. The van der Waals surface area contributed by atoms with Crippen molar-refractivity contribution < 1.29 is 23.1 Å². The summed E-state index contributed by atoms with van der Waals surface area (Å²) < 4.78 is 38.7. The lowest BCUT2D eigenvalue weighted by Gasteiger charge is -2.45. The van der Waals surface area contributed by atoms with Crippen molar-refractivity contribution in [1.82, 2.24) is 0 Å². The first kappa shape index (κ1) is 19.3. The third kappa shape index (κ3) is 3.94. The molecule has 130 valence electrons. The second kappa shape index (κ2) is 7.20. The lowest BCUT2D eigenvalue weighted by Crippen LogP contribution is -2.54. The molecule has 0 bridgehead atoms. The minimum atomic E-state index is -4.65. The largest absolute Gasteiger partial charge is 0.417 e. The summed E-state index contributed by atoms with van der Waals surface area (Å²) in [5, 5.41) is 9.77. The van der Waals surface area contributed by atoms with Crippen LogP contribution in [0.25, 0.3) is 0 Å². The van der Waals surface area contributed by atoms with Crippen LogP contribution >= 0.6 is 0 Å². The molecule has 0 spiro atoms. The van der Waals surface area contributed by atoms with Crippen LogP contribution in [0.5, 0.6) is 0 Å². The predicted molar refractivity (Wildman–Crippen MR) is 79.0 cm³/mol. The molecule has 6 heteroatoms. The smallest absolute Gasteiger partial charge is 0.380 e. The Morgan fingerprint density at radius 1 is 1.18 bits per heavy atom. The van der Waals surface area contributed by atoms with Crippen LogP contribution in [0, 0.1) is 11.3 Å². The molecular weight excluding hydrogens is 295 g/mol. The number of halogens is 3. The first-order valence-corrected chi connectivity index (χ1v) is 8.18. The van der Waals surface area contributed by atoms with Gasteiger partial charge in [-0.05, 0) is 38.0 Å². The molecule has 0 aromatic carbocycles. The van der Waals surface area contributed by atoms with Crippen LogP contribution in [0.1, 0.15) is 71.6 Å². The van der Waals surface area contributed by atoms with Gasteiger partial charge in [0.05, 0.1) is 5.41 Å². The van der Waals surface area contributed by atoms with Gasteiger partial charge < -0.3 is 10.8 Å². The zero-order valence-electron chi connectivity index (χ0n) is 13.5. The second-order valence-electron chi connectivity index (χ2n) is 6.80. The maximum atomic E-state index is 12.9. The van der Waals surface area contributed by atoms with Crippen molar-refractivity contribution in [3.63, 3.8) is 0 Å². The number of amides is 1. The van der Waals surface area contributed by atoms with Crippen LogP contribution in [0.4, 0.5) is 13.2 Å². The molecule has 22 heavy (non-hydrogen) atoms. The van der Waals surface area contributed by atoms with Crippen LogP contribution in [0.2, 0.25) is 0 Å². The molecule has 0 aliphatic heterocycles. The van der Waals surface area contributed by atoms with Gasteiger partial charge in [0, 0.05) is 0 Å². The Balaban J connectivity index is 2.73. The number of carbonyl (C=O) groups excluding carboxylic acids is 1. The molecule has 0 saturated heterocycles. The maximum absolute atomic E-state index is 12.9. The Labute approximate surface area is 130 Å². The van der Waals surface area contributed by atoms with Crippen molar-refractivity contribution in [1.29, 1.82) is 0 Å². The van der Waals surface area contributed by atoms with Crippen molar-refractivity contribution in [2.45, 2.75) is 83.4 Å². The average molecular weight is 323 g/mol. The summed E-state index contributed by atoms with van der Waals surface area (Å²) in [4.78, 5) is 11.9. The van der Waals surface area contributed by atoms with E-state index in [4.69, 9.17) is 5.73 Å². The van der Waals surface area contributed by atoms with Gasteiger partial charge in [0.1, 0.15) is 0 Å². The number of hydrogen-bond acceptors (Lipinski definition) is 2. The number of carbonyl (C=O) groups is 1. The number of rotatable bonds is 7. The minimum Gasteiger partial charge on any atom is -0.380 e. The molecule has 1 aliphatic carbocycles. The highest BCUT2D eigenvalue weighted by Gasteiger charge is 2.59. The third-order valence-corrected chi connectivity index (χ3v) is 5.42. The molecule has 0 radical (unpaired) electrons. The van der Waals surface area contributed by atoms with Crippen molar-refractivity contribution in [3.05, 3.63) is 0 Å². The quantitative estimate of drug-likeness (QED) is 0.697. The standard InChI is InChI=1S/C16H28F3NO2/c1-3-4-5-6-7-12(2)14(13(20)21)8-10-15(22,11-9-14)16(17,18)19/h12,22H,3-11H2,1-2H3,(H2,20,21). The van der Waals surface area contributed by atoms with E-state index in [-0.39, 0.29) is 18.8 Å². The molecule has 1 atom stereocenters. The van der Waals surface area contributed by atoms with Crippen LogP contribution in [-0.4, -0.2) is 22.8 Å². The fraction of sp³-hybridized carbons (Fsp3) is 0.938. The van der Waals surface area contributed by atoms with Crippen molar-refractivity contribution >= 4 is 5.91 Å². The maximum Gasteiger partial charge on any atom is 0.417 e. The summed E-state index contributed by atoms with van der Waals surface area (Å²) in [5.41, 5.74) is 1.94. The van der Waals surface area contributed by atoms with Gasteiger partial charge in [-0.1, -0.05) is 39.5 Å². The fourth-order valence-corrected chi connectivity index (χ4v) is 3.53. The molecule has 1 fully saturated rings. The van der Waals surface area contributed by atoms with E-state index in [0.29, 0.717) is 0 Å². The molecule has 1 saturated carbocycles. The van der Waals surface area contributed by atoms with Crippen LogP contribution in [0.15, 0.2) is 0 Å². The predicted octanol–water partition coefficient (Wildman–Crippen LogP) is 3.93. The minimum absolute atomic E-state index is 0.00723. The molecule has 0 aromatic heterocycles. The number of nitrogens with two attached hydrogens (primary N) is 1. The molecule has 1 rings (SSSR count). The summed E-state index contributed by atoms with van der Waals surface area (Å²) in [5.74, 6) is -0.584. The fourth-order valence-electron chi connectivity index (χ4n) is 3.53. The molecule has 0 heterocycles. The first-order valence-electron chi connectivity index (χ1n) is 8.18. The number of hydrogen-bond donors (Lipinski definition) is 2. The van der Waals surface area contributed by atoms with Crippen LogP contribution in [-0.2, 0) is 4.79 Å². The molecule has 1 amide bonds. The summed E-state index contributed by atoms with van der Waals surface area (Å²) in [6.07, 6.45) is -0.513. The zero-order valence-corrected chi connectivity index (χ0v) is 13.5. The topological polar surface area (TPSA) is 63.3 Å². The number of aliphatic hydroxyl groups is 1. The van der Waals surface area contributed by atoms with E-state index in [0.717, 1.165) is 32.1 Å². The van der Waals surface area contributed by atoms with Crippen molar-refractivity contribution in [3.8, 4) is 0 Å². The molecule has 3 nitrogen and oxygen atoms in total. The molecule has 3 N–H and O–H groups in total. The number of unbranched alkanes of at least 4 members (excludes halogenated alkanes) is 3. The highest BCUT2D eigenvalue weighted by Crippen LogP contribution is 2.51. The van der Waals surface area contributed by atoms with Gasteiger partial charge in [-0.3, -0.25) is 4.79 Å². The van der Waals surface area contributed by atoms with Crippen molar-refractivity contribution in [2.24, 2.45) is 17.1 Å². The van der Waals surface area contributed by atoms with Crippen LogP contribution in [0.3, 0.4) is 0 Å². The van der Waals surface area contributed by atoms with Gasteiger partial charge in [-0.2, -0.15) is 13.2 Å². The molecule has 0 aromatic rings. The van der Waals surface area contributed by atoms with E-state index in [2.05, 4.69) is 6.92 Å². The van der Waals surface area contributed by atoms with Gasteiger partial charge in [0.15, 0.2) is 5.60 Å². The van der Waals surface area contributed by atoms with E-state index in [1.165, 1.54) is 0 Å². The summed E-state index contributed by atoms with van der Waals surface area (Å²) in [6.45, 7) is 4.00. The normalized spacial score (nSPS) is 31.0. The van der Waals surface area contributed by atoms with E-state index in [1.54, 1.807) is 0 Å². The Morgan fingerprint density at radius 2 is 1.73 bits per heavy atom. The van der Waals surface area contributed by atoms with Gasteiger partial charge >= 0.3 is 6.18 Å². The average Bonchev–Trinajstić information content (AvgIpc) is 2.43.